The average Bonchev–Trinajstić information content (AvgIpc) is 2.99. The van der Waals surface area contributed by atoms with Gasteiger partial charge in [0, 0.05) is 30.4 Å². The molecule has 1 aliphatic heterocycles. The largest absolute Gasteiger partial charge is 0.439 e. The first kappa shape index (κ1) is 23.3. The lowest BCUT2D eigenvalue weighted by Gasteiger charge is -2.16. The molecule has 1 aromatic heterocycles. The van der Waals surface area contributed by atoms with E-state index in [0.717, 1.165) is 5.56 Å². The van der Waals surface area contributed by atoms with Gasteiger partial charge in [-0.1, -0.05) is 12.1 Å². The molecule has 2 heterocycles. The number of hydrogen-bond donors (Lipinski definition) is 2. The molecule has 1 saturated heterocycles. The lowest BCUT2D eigenvalue weighted by molar-refractivity contribution is 0.452. The summed E-state index contributed by atoms with van der Waals surface area (Å²) in [6, 6.07) is 9.29. The predicted octanol–water partition coefficient (Wildman–Crippen LogP) is 2.87. The summed E-state index contributed by atoms with van der Waals surface area (Å²) in [7, 11) is -2.97. The second-order valence-corrected chi connectivity index (χ2v) is 8.70. The second kappa shape index (κ2) is 10.7. The smallest absolute Gasteiger partial charge is 0.224 e. The van der Waals surface area contributed by atoms with Crippen molar-refractivity contribution in [1.82, 2.24) is 15.6 Å². The summed E-state index contributed by atoms with van der Waals surface area (Å²) >= 11 is 0. The number of aromatic nitrogens is 1. The topological polar surface area (TPSA) is 92.7 Å². The Hall–Kier alpha value is -1.95. The Morgan fingerprint density at radius 1 is 1.34 bits per heavy atom. The van der Waals surface area contributed by atoms with Gasteiger partial charge in [-0.2, -0.15) is 0 Å². The number of sulfone groups is 1. The third-order valence-corrected chi connectivity index (χ3v) is 5.95. The first-order valence-electron chi connectivity index (χ1n) is 9.08. The minimum Gasteiger partial charge on any atom is -0.439 e. The molecular formula is C19H24FIN4O3S. The van der Waals surface area contributed by atoms with E-state index in [2.05, 4.69) is 20.6 Å². The maximum Gasteiger partial charge on any atom is 0.224 e. The summed E-state index contributed by atoms with van der Waals surface area (Å²) in [6.07, 6.45) is 2.16. The molecule has 2 N–H and O–H groups in total. The predicted molar refractivity (Wildman–Crippen MR) is 121 cm³/mol. The molecule has 0 aliphatic carbocycles. The quantitative estimate of drug-likeness (QED) is 0.337. The zero-order valence-electron chi connectivity index (χ0n) is 16.0. The summed E-state index contributed by atoms with van der Waals surface area (Å²) in [4.78, 5) is 8.74. The molecule has 3 rings (SSSR count). The highest BCUT2D eigenvalue weighted by atomic mass is 127. The van der Waals surface area contributed by atoms with Crippen molar-refractivity contribution in [2.75, 3.05) is 18.1 Å². The standard InChI is InChI=1S/C19H23FN4O3S.HI/c1-2-21-19(24-16-8-10-28(25,26)13-16)23-12-14-5-4-9-22-18(14)27-17-7-3-6-15(20)11-17;/h3-7,9,11,16H,2,8,10,12-13H2,1H3,(H2,21,23,24);1H. The van der Waals surface area contributed by atoms with Crippen LogP contribution in [0.3, 0.4) is 0 Å². The van der Waals surface area contributed by atoms with Crippen LogP contribution in [0.2, 0.25) is 0 Å². The third kappa shape index (κ3) is 7.11. The van der Waals surface area contributed by atoms with E-state index >= 15 is 0 Å². The normalized spacial score (nSPS) is 18.0. The van der Waals surface area contributed by atoms with Crippen LogP contribution in [0.25, 0.3) is 0 Å². The van der Waals surface area contributed by atoms with Crippen LogP contribution in [0.15, 0.2) is 47.6 Å². The van der Waals surface area contributed by atoms with Crippen LogP contribution in [0.1, 0.15) is 18.9 Å². The maximum absolute atomic E-state index is 13.4. The number of guanidine groups is 1. The summed E-state index contributed by atoms with van der Waals surface area (Å²) in [5, 5.41) is 6.29. The van der Waals surface area contributed by atoms with Gasteiger partial charge in [0.1, 0.15) is 11.6 Å². The molecule has 2 aromatic rings. The van der Waals surface area contributed by atoms with E-state index in [1.54, 1.807) is 24.4 Å². The average molecular weight is 534 g/mol. The zero-order valence-corrected chi connectivity index (χ0v) is 19.1. The molecule has 0 bridgehead atoms. The van der Waals surface area contributed by atoms with Crippen molar-refractivity contribution in [3.63, 3.8) is 0 Å². The first-order chi connectivity index (χ1) is 13.4. The minimum atomic E-state index is -2.97. The van der Waals surface area contributed by atoms with Gasteiger partial charge in [0.15, 0.2) is 15.8 Å². The number of nitrogens with one attached hydrogen (secondary N) is 2. The van der Waals surface area contributed by atoms with Gasteiger partial charge in [0.2, 0.25) is 5.88 Å². The number of rotatable bonds is 6. The molecule has 158 valence electrons. The fourth-order valence-corrected chi connectivity index (χ4v) is 4.54. The second-order valence-electron chi connectivity index (χ2n) is 6.47. The molecule has 1 unspecified atom stereocenters. The van der Waals surface area contributed by atoms with Crippen molar-refractivity contribution < 1.29 is 17.5 Å². The first-order valence-corrected chi connectivity index (χ1v) is 10.9. The number of pyridine rings is 1. The number of halogens is 2. The Labute approximate surface area is 187 Å². The molecule has 1 aliphatic rings. The van der Waals surface area contributed by atoms with Gasteiger partial charge in [0.25, 0.3) is 0 Å². The Balaban J connectivity index is 0.00000300. The Kier molecular flexibility index (Phi) is 8.62. The number of nitrogens with zero attached hydrogens (tertiary/aromatic N) is 2. The summed E-state index contributed by atoms with van der Waals surface area (Å²) in [6.45, 7) is 2.85. The molecule has 7 nitrogen and oxygen atoms in total. The highest BCUT2D eigenvalue weighted by molar-refractivity contribution is 14.0. The Morgan fingerprint density at radius 2 is 2.17 bits per heavy atom. The Morgan fingerprint density at radius 3 is 2.86 bits per heavy atom. The molecule has 0 spiro atoms. The van der Waals surface area contributed by atoms with Crippen LogP contribution < -0.4 is 15.4 Å². The van der Waals surface area contributed by atoms with Crippen molar-refractivity contribution >= 4 is 39.8 Å². The van der Waals surface area contributed by atoms with E-state index in [0.29, 0.717) is 30.6 Å². The van der Waals surface area contributed by atoms with Gasteiger partial charge in [-0.05, 0) is 31.5 Å². The van der Waals surface area contributed by atoms with Crippen molar-refractivity contribution in [3.05, 3.63) is 54.0 Å². The van der Waals surface area contributed by atoms with Crippen LogP contribution >= 0.6 is 24.0 Å². The summed E-state index contributed by atoms with van der Waals surface area (Å²) in [5.41, 5.74) is 0.725. The zero-order chi connectivity index (χ0) is 20.0. The van der Waals surface area contributed by atoms with Gasteiger partial charge in [-0.25, -0.2) is 22.8 Å². The minimum absolute atomic E-state index is 0. The molecule has 1 fully saturated rings. The van der Waals surface area contributed by atoms with Crippen molar-refractivity contribution in [2.24, 2.45) is 4.99 Å². The monoisotopic (exact) mass is 534 g/mol. The van der Waals surface area contributed by atoms with Gasteiger partial charge in [-0.3, -0.25) is 0 Å². The molecule has 1 atom stereocenters. The van der Waals surface area contributed by atoms with Crippen LogP contribution in [-0.4, -0.2) is 43.5 Å². The summed E-state index contributed by atoms with van der Waals surface area (Å²) < 4.78 is 42.4. The SMILES string of the molecule is CCNC(=NCc1cccnc1Oc1cccc(F)c1)NC1CCS(=O)(=O)C1.I. The van der Waals surface area contributed by atoms with E-state index in [-0.39, 0.29) is 48.1 Å². The molecule has 0 saturated carbocycles. The van der Waals surface area contributed by atoms with Crippen LogP contribution in [0, 0.1) is 5.82 Å². The van der Waals surface area contributed by atoms with Crippen LogP contribution in [0.4, 0.5) is 4.39 Å². The van der Waals surface area contributed by atoms with E-state index in [1.807, 2.05) is 13.0 Å². The fourth-order valence-electron chi connectivity index (χ4n) is 2.86. The van der Waals surface area contributed by atoms with Gasteiger partial charge in [-0.15, -0.1) is 24.0 Å². The highest BCUT2D eigenvalue weighted by Crippen LogP contribution is 2.24. The fraction of sp³-hybridized carbons (Fsp3) is 0.368. The molecule has 1 aromatic carbocycles. The molecule has 10 heteroatoms. The van der Waals surface area contributed by atoms with Crippen LogP contribution in [-0.2, 0) is 16.4 Å². The van der Waals surface area contributed by atoms with E-state index in [1.165, 1.54) is 12.1 Å². The van der Waals surface area contributed by atoms with E-state index < -0.39 is 15.7 Å². The number of aliphatic imine (C=N–C) groups is 1. The number of ether oxygens (including phenoxy) is 1. The van der Waals surface area contributed by atoms with Crippen molar-refractivity contribution in [3.8, 4) is 11.6 Å². The summed E-state index contributed by atoms with van der Waals surface area (Å²) in [5.74, 6) is 1.14. The Bertz CT molecular complexity index is 956. The van der Waals surface area contributed by atoms with Gasteiger partial charge >= 0.3 is 0 Å². The molecular weight excluding hydrogens is 510 g/mol. The van der Waals surface area contributed by atoms with Crippen molar-refractivity contribution in [2.45, 2.75) is 25.9 Å². The van der Waals surface area contributed by atoms with E-state index in [9.17, 15) is 12.8 Å². The maximum atomic E-state index is 13.4. The van der Waals surface area contributed by atoms with Crippen molar-refractivity contribution in [1.29, 1.82) is 0 Å². The van der Waals surface area contributed by atoms with Crippen LogP contribution in [0.5, 0.6) is 11.6 Å². The molecule has 0 amide bonds. The lowest BCUT2D eigenvalue weighted by atomic mass is 10.2. The van der Waals surface area contributed by atoms with Gasteiger partial charge < -0.3 is 15.4 Å². The third-order valence-electron chi connectivity index (χ3n) is 4.19. The molecule has 0 radical (unpaired) electrons. The lowest BCUT2D eigenvalue weighted by Crippen LogP contribution is -2.44. The van der Waals surface area contributed by atoms with E-state index in [4.69, 9.17) is 4.74 Å². The highest BCUT2D eigenvalue weighted by Gasteiger charge is 2.28. The molecule has 29 heavy (non-hydrogen) atoms. The van der Waals surface area contributed by atoms with Gasteiger partial charge in [0.05, 0.1) is 18.1 Å². The number of benzene rings is 1. The number of hydrogen-bond acceptors (Lipinski definition) is 5.